The number of rotatable bonds is 22. The molecular formula is C51H88N2O12. The van der Waals surface area contributed by atoms with Gasteiger partial charge in [-0.25, -0.2) is 0 Å². The third-order valence-electron chi connectivity index (χ3n) is 13.6. The zero-order valence-corrected chi connectivity index (χ0v) is 41.8. The number of para-hydroxylation sites is 1. The number of nitrogens with zero attached hydrogens (tertiary/aromatic N) is 2. The predicted molar refractivity (Wildman–Crippen MR) is 252 cm³/mol. The van der Waals surface area contributed by atoms with Crippen molar-refractivity contribution in [1.82, 2.24) is 4.90 Å². The average molecular weight is 921 g/mol. The summed E-state index contributed by atoms with van der Waals surface area (Å²) in [4.78, 5) is 35.8. The number of aliphatic hydroxyl groups excluding tert-OH is 2. The van der Waals surface area contributed by atoms with Crippen molar-refractivity contribution in [3.8, 4) is 5.75 Å². The molecule has 0 aromatic heterocycles. The second-order valence-electron chi connectivity index (χ2n) is 19.8. The maximum Gasteiger partial charge on any atom is 0.312 e. The quantitative estimate of drug-likeness (QED) is 0.0499. The highest BCUT2D eigenvalue weighted by Gasteiger charge is 2.52. The summed E-state index contributed by atoms with van der Waals surface area (Å²) in [6.45, 7) is 16.4. The van der Waals surface area contributed by atoms with Gasteiger partial charge in [-0.05, 0) is 79.6 Å². The molecule has 0 bridgehead atoms. The maximum atomic E-state index is 14.3. The Labute approximate surface area is 391 Å². The normalized spacial score (nSPS) is 34.8. The lowest BCUT2D eigenvalue weighted by atomic mass is 9.73. The number of carbonyl (C=O) groups is 2. The summed E-state index contributed by atoms with van der Waals surface area (Å²) in [5, 5.41) is 53.0. The van der Waals surface area contributed by atoms with Crippen molar-refractivity contribution in [2.24, 2.45) is 28.8 Å². The molecule has 65 heavy (non-hydrogen) atoms. The minimum absolute atomic E-state index is 0.00863. The number of esters is 2. The Kier molecular flexibility index (Phi) is 24.2. The molecule has 1 unspecified atom stereocenters. The summed E-state index contributed by atoms with van der Waals surface area (Å²) in [5.41, 5.74) is -3.35. The number of unbranched alkanes of at least 4 members (excludes halogenated alkanes) is 9. The molecule has 2 aliphatic rings. The number of aliphatic hydroxyl groups is 4. The highest BCUT2D eigenvalue weighted by atomic mass is 16.7. The number of hydrogen-bond donors (Lipinski definition) is 4. The van der Waals surface area contributed by atoms with Crippen LogP contribution in [0.2, 0.25) is 0 Å². The van der Waals surface area contributed by atoms with Gasteiger partial charge in [0.25, 0.3) is 0 Å². The molecule has 1 aromatic carbocycles. The van der Waals surface area contributed by atoms with Crippen LogP contribution in [0.25, 0.3) is 0 Å². The van der Waals surface area contributed by atoms with E-state index in [0.29, 0.717) is 31.6 Å². The average Bonchev–Trinajstić information content (AvgIpc) is 3.26. The Hall–Kier alpha value is -2.85. The first kappa shape index (κ1) is 56.5. The molecule has 2 fully saturated rings. The Bertz CT molecular complexity index is 1540. The number of likely N-dealkylation sites (N-methyl/N-ethyl adjacent to an activating group) is 1. The van der Waals surface area contributed by atoms with Gasteiger partial charge in [0.2, 0.25) is 0 Å². The second-order valence-corrected chi connectivity index (χ2v) is 19.8. The van der Waals surface area contributed by atoms with Crippen molar-refractivity contribution in [2.75, 3.05) is 27.3 Å². The van der Waals surface area contributed by atoms with Gasteiger partial charge in [0.15, 0.2) is 6.29 Å². The van der Waals surface area contributed by atoms with Crippen molar-refractivity contribution in [1.29, 1.82) is 0 Å². The van der Waals surface area contributed by atoms with E-state index in [0.717, 1.165) is 25.0 Å². The summed E-state index contributed by atoms with van der Waals surface area (Å²) in [6.07, 6.45) is 4.78. The lowest BCUT2D eigenvalue weighted by Crippen LogP contribution is -2.60. The first-order valence-corrected chi connectivity index (χ1v) is 24.8. The number of ether oxygens (including phenoxy) is 5. The van der Waals surface area contributed by atoms with Crippen molar-refractivity contribution in [3.05, 3.63) is 30.3 Å². The predicted octanol–water partition coefficient (Wildman–Crippen LogP) is 7.99. The highest BCUT2D eigenvalue weighted by Crippen LogP contribution is 2.39. The van der Waals surface area contributed by atoms with E-state index in [2.05, 4.69) is 12.1 Å². The van der Waals surface area contributed by atoms with Crippen molar-refractivity contribution in [2.45, 2.75) is 219 Å². The molecule has 0 amide bonds. The second kappa shape index (κ2) is 27.8. The molecule has 14 atom stereocenters. The molecule has 2 heterocycles. The van der Waals surface area contributed by atoms with Gasteiger partial charge in [-0.2, -0.15) is 0 Å². The van der Waals surface area contributed by atoms with Crippen LogP contribution in [-0.4, -0.2) is 130 Å². The SMILES string of the molecule is CCCCCCCCCCCCC(=O)O[C@H]1[C@H](C)[C@@H](O[C@@H]2O[C@H](C)C[C@H](N(C)C)[C@H]2O)C(C)(O)C[C@@H](C)/C(=N\OCCCOc2ccccc2)[C@@H](C)[C@@H](O)[C@](C)(O)[C@H](CC)OC(=O)[C@@H]1C. The van der Waals surface area contributed by atoms with Gasteiger partial charge in [-0.15, -0.1) is 0 Å². The monoisotopic (exact) mass is 921 g/mol. The summed E-state index contributed by atoms with van der Waals surface area (Å²) in [6, 6.07) is 9.11. The van der Waals surface area contributed by atoms with E-state index in [1.807, 2.05) is 63.2 Å². The minimum atomic E-state index is -1.95. The zero-order valence-electron chi connectivity index (χ0n) is 41.8. The fraction of sp³-hybridized carbons (Fsp3) is 0.824. The van der Waals surface area contributed by atoms with E-state index in [4.69, 9.17) is 28.5 Å². The van der Waals surface area contributed by atoms with E-state index >= 15 is 0 Å². The van der Waals surface area contributed by atoms with Crippen LogP contribution < -0.4 is 4.74 Å². The molecule has 0 saturated carbocycles. The standard InChI is InChI=1S/C51H88N2O12/c1-12-14-15-16-17-18-19-20-21-25-29-42(54)64-45-37(6)47(65-49-44(55)40(53(10)11)32-35(4)62-49)50(8,58)33-34(3)43(52-61-31-26-30-60-39-27-23-22-24-28-39)36(5)46(56)51(9,59)41(13-2)63-48(57)38(45)7/h22-24,27-28,34-38,40-41,44-47,49,55-56,58-59H,12-21,25-26,29-33H2,1-11H3/b52-43+/t34-,35-,36-,37+,38-,40+,41+,44-,45+,46-,47-,49+,50?,51-/m1/s1. The van der Waals surface area contributed by atoms with Crippen LogP contribution in [-0.2, 0) is 33.4 Å². The van der Waals surface area contributed by atoms with Crippen LogP contribution in [0.15, 0.2) is 35.5 Å². The summed E-state index contributed by atoms with van der Waals surface area (Å²) >= 11 is 0. The van der Waals surface area contributed by atoms with Crippen LogP contribution in [0.5, 0.6) is 5.75 Å². The van der Waals surface area contributed by atoms with Gasteiger partial charge in [0.1, 0.15) is 36.3 Å². The lowest BCUT2D eigenvalue weighted by molar-refractivity contribution is -0.299. The molecule has 1 aromatic rings. The number of benzene rings is 1. The third-order valence-corrected chi connectivity index (χ3v) is 13.6. The van der Waals surface area contributed by atoms with Gasteiger partial charge in [-0.1, -0.05) is 116 Å². The van der Waals surface area contributed by atoms with Crippen LogP contribution in [0.1, 0.15) is 159 Å². The molecule has 14 nitrogen and oxygen atoms in total. The van der Waals surface area contributed by atoms with Gasteiger partial charge in [-0.3, -0.25) is 9.59 Å². The molecular weight excluding hydrogens is 833 g/mol. The fourth-order valence-corrected chi connectivity index (χ4v) is 9.71. The van der Waals surface area contributed by atoms with Gasteiger partial charge in [0, 0.05) is 36.6 Å². The van der Waals surface area contributed by atoms with Crippen molar-refractivity contribution < 1.29 is 58.5 Å². The molecule has 14 heteroatoms. The number of cyclic esters (lactones) is 1. The molecule has 0 radical (unpaired) electrons. The van der Waals surface area contributed by atoms with E-state index in [1.54, 1.807) is 34.6 Å². The third kappa shape index (κ3) is 17.3. The molecule has 374 valence electrons. The fourth-order valence-electron chi connectivity index (χ4n) is 9.71. The van der Waals surface area contributed by atoms with E-state index in [9.17, 15) is 30.0 Å². The zero-order chi connectivity index (χ0) is 48.3. The van der Waals surface area contributed by atoms with Crippen LogP contribution in [0, 0.1) is 23.7 Å². The maximum absolute atomic E-state index is 14.3. The molecule has 3 rings (SSSR count). The smallest absolute Gasteiger partial charge is 0.312 e. The topological polar surface area (TPSA) is 186 Å². The first-order valence-electron chi connectivity index (χ1n) is 24.8. The molecule has 4 N–H and O–H groups in total. The number of oxime groups is 1. The molecule has 0 aliphatic carbocycles. The first-order chi connectivity index (χ1) is 30.8. The van der Waals surface area contributed by atoms with E-state index in [-0.39, 0.29) is 38.0 Å². The van der Waals surface area contributed by atoms with Gasteiger partial charge < -0.3 is 53.8 Å². The minimum Gasteiger partial charge on any atom is -0.493 e. The van der Waals surface area contributed by atoms with Gasteiger partial charge in [0.05, 0.1) is 42.1 Å². The largest absolute Gasteiger partial charge is 0.493 e. The van der Waals surface area contributed by atoms with Crippen molar-refractivity contribution in [3.63, 3.8) is 0 Å². The number of carbonyl (C=O) groups excluding carboxylic acids is 2. The van der Waals surface area contributed by atoms with Gasteiger partial charge >= 0.3 is 11.9 Å². The summed E-state index contributed by atoms with van der Waals surface area (Å²) < 4.78 is 31.1. The molecule has 2 saturated heterocycles. The van der Waals surface area contributed by atoms with Crippen LogP contribution in [0.3, 0.4) is 0 Å². The van der Waals surface area contributed by atoms with E-state index < -0.39 is 83.6 Å². The van der Waals surface area contributed by atoms with Crippen LogP contribution in [0.4, 0.5) is 0 Å². The Morgan fingerprint density at radius 2 is 1.48 bits per heavy atom. The molecule has 2 aliphatic heterocycles. The molecule has 0 spiro atoms. The van der Waals surface area contributed by atoms with Crippen molar-refractivity contribution >= 4 is 17.7 Å². The lowest BCUT2D eigenvalue weighted by Gasteiger charge is -2.47. The Morgan fingerprint density at radius 1 is 0.862 bits per heavy atom. The summed E-state index contributed by atoms with van der Waals surface area (Å²) in [5.74, 6) is -3.90. The number of hydrogen-bond acceptors (Lipinski definition) is 14. The van der Waals surface area contributed by atoms with Crippen LogP contribution >= 0.6 is 0 Å². The summed E-state index contributed by atoms with van der Waals surface area (Å²) in [7, 11) is 3.75. The Balaban J connectivity index is 2.00. The van der Waals surface area contributed by atoms with E-state index in [1.165, 1.54) is 45.4 Å². The Morgan fingerprint density at radius 3 is 2.08 bits per heavy atom. The highest BCUT2D eigenvalue weighted by molar-refractivity contribution is 5.88.